The minimum Gasteiger partial charge on any atom is -0.311 e. The van der Waals surface area contributed by atoms with Gasteiger partial charge in [0.15, 0.2) is 0 Å². The molecule has 0 saturated carbocycles. The van der Waals surface area contributed by atoms with Crippen LogP contribution in [0.2, 0.25) is 0 Å². The third-order valence-corrected chi connectivity index (χ3v) is 18.3. The van der Waals surface area contributed by atoms with Crippen molar-refractivity contribution >= 4 is 89.5 Å². The van der Waals surface area contributed by atoms with Crippen LogP contribution in [0.5, 0.6) is 0 Å². The molecule has 412 valence electrons. The lowest BCUT2D eigenvalue weighted by Crippen LogP contribution is -2.61. The summed E-state index contributed by atoms with van der Waals surface area (Å²) < 4.78 is 0. The SMILES string of the molecule is CC(C)(C)c1ccc(-c2ccc3c(c2)B2c4cc(C(C)(C)C)ccc4N(c4ccc(C(C)(C)C)cc4-c4ccc(C(C)(C)C)cc4)c4cccc(c42)N3c2ccc(C(C)(C)C)cc2-c2ccc3c4ccccc4c4ccccc4c3c2)cc1. The molecule has 2 aliphatic rings. The summed E-state index contributed by atoms with van der Waals surface area (Å²) in [4.78, 5) is 5.25. The van der Waals surface area contributed by atoms with Crippen molar-refractivity contribution < 1.29 is 0 Å². The van der Waals surface area contributed by atoms with E-state index in [9.17, 15) is 0 Å². The molecule has 0 bridgehead atoms. The Morgan fingerprint density at radius 1 is 0.241 bits per heavy atom. The molecule has 2 nitrogen and oxygen atoms in total. The highest BCUT2D eigenvalue weighted by molar-refractivity contribution is 7.00. The van der Waals surface area contributed by atoms with Crippen molar-refractivity contribution in [3.05, 3.63) is 234 Å². The van der Waals surface area contributed by atoms with Gasteiger partial charge in [-0.05, 0) is 180 Å². The number of fused-ring (bicyclic) bond motifs is 10. The highest BCUT2D eigenvalue weighted by atomic mass is 15.2. The summed E-state index contributed by atoms with van der Waals surface area (Å²) in [6, 6.07) is 80.3. The van der Waals surface area contributed by atoms with Gasteiger partial charge in [0.25, 0.3) is 6.71 Å². The third kappa shape index (κ3) is 9.27. The van der Waals surface area contributed by atoms with Gasteiger partial charge in [-0.3, -0.25) is 0 Å². The van der Waals surface area contributed by atoms with E-state index in [0.29, 0.717) is 0 Å². The normalized spacial score (nSPS) is 13.7. The van der Waals surface area contributed by atoms with Crippen molar-refractivity contribution in [1.29, 1.82) is 0 Å². The zero-order valence-corrected chi connectivity index (χ0v) is 51.6. The molecular weight excluding hydrogens is 1000 g/mol. The Morgan fingerprint density at radius 3 is 1.06 bits per heavy atom. The summed E-state index contributed by atoms with van der Waals surface area (Å²) in [5.41, 5.74) is 24.8. The van der Waals surface area contributed by atoms with Gasteiger partial charge in [0.1, 0.15) is 0 Å². The second-order valence-electron chi connectivity index (χ2n) is 29.1. The lowest BCUT2D eigenvalue weighted by molar-refractivity contribution is 0.590. The van der Waals surface area contributed by atoms with Gasteiger partial charge in [0.2, 0.25) is 0 Å². The van der Waals surface area contributed by atoms with Gasteiger partial charge in [-0.1, -0.05) is 256 Å². The molecular formula is C80H79BN2. The maximum absolute atomic E-state index is 2.63. The predicted octanol–water partition coefficient (Wildman–Crippen LogP) is 20.7. The second-order valence-corrected chi connectivity index (χ2v) is 29.1. The molecule has 0 N–H and O–H groups in total. The van der Waals surface area contributed by atoms with Crippen molar-refractivity contribution in [2.75, 3.05) is 9.80 Å². The Balaban J connectivity index is 1.11. The Bertz CT molecular complexity index is 4350. The maximum Gasteiger partial charge on any atom is 0.252 e. The third-order valence-electron chi connectivity index (χ3n) is 18.3. The Labute approximate surface area is 495 Å². The van der Waals surface area contributed by atoms with Gasteiger partial charge >= 0.3 is 0 Å². The van der Waals surface area contributed by atoms with Crippen LogP contribution in [0.4, 0.5) is 34.1 Å². The average molecular weight is 1080 g/mol. The number of benzene rings is 11. The van der Waals surface area contributed by atoms with Gasteiger partial charge in [-0.2, -0.15) is 0 Å². The molecule has 83 heavy (non-hydrogen) atoms. The first-order chi connectivity index (χ1) is 39.3. The van der Waals surface area contributed by atoms with Crippen molar-refractivity contribution in [2.24, 2.45) is 0 Å². The van der Waals surface area contributed by atoms with Crippen molar-refractivity contribution in [3.8, 4) is 33.4 Å². The standard InChI is InChI=1S/C80H79BN2/c1-76(2,3)54-33-27-50(28-34-54)52-32-41-71-67(46-52)81-68-49-58(80(13,14)15)39-44-72(68)82(69-42-37-56(78(7,8)9)47-64(69)51-29-35-55(36-30-51)77(4,5)6)73-25-20-26-74(75(73)81)83(71)70-43-38-57(79(10,11)12)48-65(70)53-31-40-63-61-23-17-16-21-59(61)60-22-18-19-24-62(60)66(63)45-53/h16-49H,1-15H3. The summed E-state index contributed by atoms with van der Waals surface area (Å²) in [6.07, 6.45) is 0. The average Bonchev–Trinajstić information content (AvgIpc) is 2.31. The molecule has 0 amide bonds. The van der Waals surface area contributed by atoms with Gasteiger partial charge in [0.05, 0.1) is 11.4 Å². The van der Waals surface area contributed by atoms with E-state index in [-0.39, 0.29) is 33.8 Å². The quantitative estimate of drug-likeness (QED) is 0.125. The lowest BCUT2D eigenvalue weighted by atomic mass is 9.33. The maximum atomic E-state index is 2.63. The molecule has 0 radical (unpaired) electrons. The molecule has 2 aliphatic heterocycles. The fraction of sp³-hybridized carbons (Fsp3) is 0.250. The van der Waals surface area contributed by atoms with Crippen LogP contribution in [0.15, 0.2) is 206 Å². The van der Waals surface area contributed by atoms with E-state index in [0.717, 1.165) is 5.69 Å². The number of rotatable bonds is 5. The molecule has 11 aromatic carbocycles. The molecule has 2 heterocycles. The van der Waals surface area contributed by atoms with E-state index >= 15 is 0 Å². The predicted molar refractivity (Wildman–Crippen MR) is 363 cm³/mol. The summed E-state index contributed by atoms with van der Waals surface area (Å²) in [5, 5.41) is 7.67. The second kappa shape index (κ2) is 19.2. The van der Waals surface area contributed by atoms with Gasteiger partial charge in [-0.25, -0.2) is 0 Å². The molecule has 0 aliphatic carbocycles. The minimum atomic E-state index is -0.0937. The smallest absolute Gasteiger partial charge is 0.252 e. The summed E-state index contributed by atoms with van der Waals surface area (Å²) >= 11 is 0. The van der Waals surface area contributed by atoms with Crippen LogP contribution < -0.4 is 26.2 Å². The first-order valence-corrected chi connectivity index (χ1v) is 30.2. The monoisotopic (exact) mass is 1080 g/mol. The topological polar surface area (TPSA) is 6.48 Å². The molecule has 0 aromatic heterocycles. The fourth-order valence-electron chi connectivity index (χ4n) is 13.4. The fourth-order valence-corrected chi connectivity index (χ4v) is 13.4. The summed E-state index contributed by atoms with van der Waals surface area (Å²) in [6.45, 7) is 34.8. The van der Waals surface area contributed by atoms with Gasteiger partial charge in [-0.15, -0.1) is 0 Å². The van der Waals surface area contributed by atoms with Crippen LogP contribution in [0.1, 0.15) is 132 Å². The number of anilines is 6. The van der Waals surface area contributed by atoms with E-state index in [1.807, 2.05) is 0 Å². The Hall–Kier alpha value is -8.14. The largest absolute Gasteiger partial charge is 0.311 e. The first kappa shape index (κ1) is 54.1. The first-order valence-electron chi connectivity index (χ1n) is 30.2. The van der Waals surface area contributed by atoms with E-state index in [2.05, 4.69) is 320 Å². The van der Waals surface area contributed by atoms with Crippen molar-refractivity contribution in [1.82, 2.24) is 0 Å². The zero-order valence-electron chi connectivity index (χ0n) is 51.6. The van der Waals surface area contributed by atoms with Crippen LogP contribution in [-0.4, -0.2) is 6.71 Å². The van der Waals surface area contributed by atoms with E-state index < -0.39 is 0 Å². The van der Waals surface area contributed by atoms with Crippen LogP contribution in [0, 0.1) is 0 Å². The molecule has 0 spiro atoms. The molecule has 0 saturated heterocycles. The van der Waals surface area contributed by atoms with Crippen molar-refractivity contribution in [2.45, 2.75) is 131 Å². The van der Waals surface area contributed by atoms with Crippen LogP contribution in [0.25, 0.3) is 65.7 Å². The van der Waals surface area contributed by atoms with Crippen molar-refractivity contribution in [3.63, 3.8) is 0 Å². The highest BCUT2D eigenvalue weighted by Gasteiger charge is 2.45. The number of nitrogens with zero attached hydrogens (tertiary/aromatic N) is 2. The minimum absolute atomic E-state index is 0.0334. The molecule has 11 aromatic rings. The van der Waals surface area contributed by atoms with Crippen LogP contribution in [0.3, 0.4) is 0 Å². The molecule has 0 fully saturated rings. The van der Waals surface area contributed by atoms with Gasteiger partial charge < -0.3 is 9.80 Å². The van der Waals surface area contributed by atoms with Crippen LogP contribution in [-0.2, 0) is 27.1 Å². The Morgan fingerprint density at radius 2 is 0.590 bits per heavy atom. The number of hydrogen-bond acceptors (Lipinski definition) is 2. The van der Waals surface area contributed by atoms with E-state index in [1.165, 1.54) is 138 Å². The molecule has 0 atom stereocenters. The van der Waals surface area contributed by atoms with Gasteiger partial charge in [0, 0.05) is 33.9 Å². The van der Waals surface area contributed by atoms with E-state index in [1.54, 1.807) is 0 Å². The zero-order chi connectivity index (χ0) is 58.3. The summed E-state index contributed by atoms with van der Waals surface area (Å²) in [5.74, 6) is 0. The molecule has 0 unspecified atom stereocenters. The molecule has 3 heteroatoms. The highest BCUT2D eigenvalue weighted by Crippen LogP contribution is 2.51. The van der Waals surface area contributed by atoms with E-state index in [4.69, 9.17) is 0 Å². The lowest BCUT2D eigenvalue weighted by Gasteiger charge is -2.45. The Kier molecular flexibility index (Phi) is 12.5. The molecule has 13 rings (SSSR count). The number of hydrogen-bond donors (Lipinski definition) is 0. The summed E-state index contributed by atoms with van der Waals surface area (Å²) in [7, 11) is 0. The van der Waals surface area contributed by atoms with Crippen LogP contribution >= 0.6 is 0 Å².